The number of nitrogen functional groups attached to an aromatic ring is 1. The van der Waals surface area contributed by atoms with Gasteiger partial charge < -0.3 is 16.0 Å². The van der Waals surface area contributed by atoms with Crippen molar-refractivity contribution >= 4 is 39.2 Å². The van der Waals surface area contributed by atoms with Gasteiger partial charge in [-0.25, -0.2) is 18.4 Å². The summed E-state index contributed by atoms with van der Waals surface area (Å²) in [5.74, 6) is -0.565. The molecule has 2 amide bonds. The smallest absolute Gasteiger partial charge is 0.313 e. The molecule has 11 heteroatoms. The first-order valence-corrected chi connectivity index (χ1v) is 12.3. The summed E-state index contributed by atoms with van der Waals surface area (Å²) in [6, 6.07) is 4.64. The van der Waals surface area contributed by atoms with Crippen molar-refractivity contribution in [2.75, 3.05) is 28.6 Å². The largest absolute Gasteiger partial charge is 0.383 e. The molecule has 172 valence electrons. The highest BCUT2D eigenvalue weighted by molar-refractivity contribution is 7.92. The van der Waals surface area contributed by atoms with Gasteiger partial charge in [-0.3, -0.25) is 14.3 Å². The third kappa shape index (κ3) is 5.72. The molecule has 0 aromatic carbocycles. The van der Waals surface area contributed by atoms with E-state index in [4.69, 9.17) is 5.73 Å². The maximum atomic E-state index is 13.1. The third-order valence-electron chi connectivity index (χ3n) is 5.37. The SMILES string of the molecule is CCc1cc(NC(=O)C(=O)N2C[C@@H](C)CC[C@@H]2c2ccc(NS(C)(=O)=O)nc2)cnc1N. The number of rotatable bonds is 5. The number of likely N-dealkylation sites (tertiary alicyclic amines) is 1. The van der Waals surface area contributed by atoms with E-state index in [1.54, 1.807) is 23.1 Å². The third-order valence-corrected chi connectivity index (χ3v) is 5.95. The fourth-order valence-electron chi connectivity index (χ4n) is 3.76. The van der Waals surface area contributed by atoms with Crippen LogP contribution in [0.2, 0.25) is 0 Å². The number of aryl methyl sites for hydroxylation is 1. The van der Waals surface area contributed by atoms with Gasteiger partial charge in [0.2, 0.25) is 10.0 Å². The van der Waals surface area contributed by atoms with E-state index in [1.807, 2.05) is 13.8 Å². The summed E-state index contributed by atoms with van der Waals surface area (Å²) in [5, 5.41) is 2.62. The Morgan fingerprint density at radius 2 is 1.97 bits per heavy atom. The van der Waals surface area contributed by atoms with Crippen LogP contribution in [0, 0.1) is 5.92 Å². The van der Waals surface area contributed by atoms with Crippen molar-refractivity contribution in [3.8, 4) is 0 Å². The molecule has 0 aliphatic carbocycles. The lowest BCUT2D eigenvalue weighted by molar-refractivity contribution is -0.146. The molecule has 0 unspecified atom stereocenters. The van der Waals surface area contributed by atoms with Gasteiger partial charge in [0.05, 0.1) is 24.2 Å². The predicted molar refractivity (Wildman–Crippen MR) is 122 cm³/mol. The van der Waals surface area contributed by atoms with E-state index in [1.165, 1.54) is 12.4 Å². The van der Waals surface area contributed by atoms with E-state index in [2.05, 4.69) is 20.0 Å². The first kappa shape index (κ1) is 23.5. The second-order valence-electron chi connectivity index (χ2n) is 8.08. The highest BCUT2D eigenvalue weighted by Gasteiger charge is 2.34. The number of sulfonamides is 1. The van der Waals surface area contributed by atoms with E-state index >= 15 is 0 Å². The summed E-state index contributed by atoms with van der Waals surface area (Å²) in [7, 11) is -3.44. The number of anilines is 3. The van der Waals surface area contributed by atoms with Crippen LogP contribution in [0.4, 0.5) is 17.3 Å². The average molecular weight is 461 g/mol. The summed E-state index contributed by atoms with van der Waals surface area (Å²) in [4.78, 5) is 35.6. The molecule has 2 aromatic heterocycles. The molecule has 1 fully saturated rings. The molecule has 3 rings (SSSR count). The second kappa shape index (κ2) is 9.51. The van der Waals surface area contributed by atoms with Gasteiger partial charge in [0.1, 0.15) is 11.6 Å². The molecular weight excluding hydrogens is 432 g/mol. The molecule has 2 atom stereocenters. The van der Waals surface area contributed by atoms with Gasteiger partial charge >= 0.3 is 11.8 Å². The van der Waals surface area contributed by atoms with Gasteiger partial charge in [-0.15, -0.1) is 0 Å². The number of hydrogen-bond acceptors (Lipinski definition) is 7. The van der Waals surface area contributed by atoms with Crippen LogP contribution in [-0.4, -0.2) is 47.9 Å². The Morgan fingerprint density at radius 3 is 2.59 bits per heavy atom. The maximum absolute atomic E-state index is 13.1. The van der Waals surface area contributed by atoms with E-state index in [0.717, 1.165) is 23.8 Å². The molecule has 1 aliphatic rings. The zero-order chi connectivity index (χ0) is 23.5. The lowest BCUT2D eigenvalue weighted by Crippen LogP contribution is -2.46. The fraction of sp³-hybridized carbons (Fsp3) is 0.429. The zero-order valence-corrected chi connectivity index (χ0v) is 19.1. The quantitative estimate of drug-likeness (QED) is 0.578. The molecule has 3 heterocycles. The highest BCUT2D eigenvalue weighted by Crippen LogP contribution is 2.33. The van der Waals surface area contributed by atoms with Crippen LogP contribution in [0.1, 0.15) is 43.9 Å². The number of hydrogen-bond donors (Lipinski definition) is 3. The maximum Gasteiger partial charge on any atom is 0.313 e. The normalized spacial score (nSPS) is 18.8. The molecule has 4 N–H and O–H groups in total. The molecule has 32 heavy (non-hydrogen) atoms. The molecule has 1 saturated heterocycles. The summed E-state index contributed by atoms with van der Waals surface area (Å²) < 4.78 is 25.1. The van der Waals surface area contributed by atoms with Gasteiger partial charge in [-0.2, -0.15) is 0 Å². The van der Waals surface area contributed by atoms with Crippen LogP contribution in [0.25, 0.3) is 0 Å². The number of carbonyl (C=O) groups is 2. The number of carbonyl (C=O) groups excluding carboxylic acids is 2. The Morgan fingerprint density at radius 1 is 1.22 bits per heavy atom. The predicted octanol–water partition coefficient (Wildman–Crippen LogP) is 1.93. The lowest BCUT2D eigenvalue weighted by Gasteiger charge is -2.38. The lowest BCUT2D eigenvalue weighted by atomic mass is 9.90. The molecule has 0 bridgehead atoms. The Balaban J connectivity index is 1.78. The summed E-state index contributed by atoms with van der Waals surface area (Å²) in [6.45, 7) is 4.39. The van der Waals surface area contributed by atoms with Crippen molar-refractivity contribution in [2.45, 2.75) is 39.2 Å². The number of amides is 2. The number of nitrogens with two attached hydrogens (primary N) is 1. The minimum absolute atomic E-state index is 0.193. The topological polar surface area (TPSA) is 147 Å². The van der Waals surface area contributed by atoms with Gasteiger partial charge in [0.25, 0.3) is 0 Å². The number of aromatic nitrogens is 2. The average Bonchev–Trinajstić information content (AvgIpc) is 2.74. The Bertz CT molecular complexity index is 1100. The molecule has 10 nitrogen and oxygen atoms in total. The summed E-state index contributed by atoms with van der Waals surface area (Å²) in [6.07, 6.45) is 6.21. The monoisotopic (exact) mass is 460 g/mol. The van der Waals surface area contributed by atoms with Crippen molar-refractivity contribution in [2.24, 2.45) is 5.92 Å². The van der Waals surface area contributed by atoms with Crippen LogP contribution in [0.5, 0.6) is 0 Å². The number of piperidine rings is 1. The first-order valence-electron chi connectivity index (χ1n) is 10.4. The van der Waals surface area contributed by atoms with Gasteiger partial charge in [-0.1, -0.05) is 19.9 Å². The van der Waals surface area contributed by atoms with Crippen molar-refractivity contribution in [1.29, 1.82) is 0 Å². The second-order valence-corrected chi connectivity index (χ2v) is 9.83. The van der Waals surface area contributed by atoms with Crippen molar-refractivity contribution in [3.05, 3.63) is 41.7 Å². The van der Waals surface area contributed by atoms with Crippen LogP contribution in [0.15, 0.2) is 30.6 Å². The summed E-state index contributed by atoms with van der Waals surface area (Å²) >= 11 is 0. The van der Waals surface area contributed by atoms with Crippen LogP contribution < -0.4 is 15.8 Å². The van der Waals surface area contributed by atoms with Gasteiger partial charge in [-0.05, 0) is 48.4 Å². The van der Waals surface area contributed by atoms with Gasteiger partial charge in [0, 0.05) is 12.7 Å². The van der Waals surface area contributed by atoms with E-state index in [9.17, 15) is 18.0 Å². The highest BCUT2D eigenvalue weighted by atomic mass is 32.2. The minimum atomic E-state index is -3.44. The van der Waals surface area contributed by atoms with Crippen LogP contribution in [0.3, 0.4) is 0 Å². The molecular formula is C21H28N6O4S. The summed E-state index contributed by atoms with van der Waals surface area (Å²) in [5.41, 5.74) is 7.74. The standard InChI is InChI=1S/C21H28N6O4S/c1-4-14-9-16(11-24-19(14)22)25-20(28)21(29)27-12-13(2)5-7-17(27)15-6-8-18(23-10-15)26-32(3,30)31/h6,8-11,13,17H,4-5,7,12H2,1-3H3,(H2,22,24)(H,23,26)(H,25,28)/t13-,17+/m0/s1. The van der Waals surface area contributed by atoms with Crippen molar-refractivity contribution < 1.29 is 18.0 Å². The molecule has 0 spiro atoms. The van der Waals surface area contributed by atoms with E-state index < -0.39 is 21.8 Å². The molecule has 0 saturated carbocycles. The molecule has 0 radical (unpaired) electrons. The molecule has 2 aromatic rings. The number of pyridine rings is 2. The van der Waals surface area contributed by atoms with Crippen LogP contribution >= 0.6 is 0 Å². The van der Waals surface area contributed by atoms with Crippen molar-refractivity contribution in [1.82, 2.24) is 14.9 Å². The minimum Gasteiger partial charge on any atom is -0.383 e. The van der Waals surface area contributed by atoms with E-state index in [-0.39, 0.29) is 17.8 Å². The van der Waals surface area contributed by atoms with Crippen molar-refractivity contribution in [3.63, 3.8) is 0 Å². The van der Waals surface area contributed by atoms with Crippen LogP contribution in [-0.2, 0) is 26.0 Å². The number of nitrogens with zero attached hydrogens (tertiary/aromatic N) is 3. The zero-order valence-electron chi connectivity index (χ0n) is 18.3. The first-order chi connectivity index (χ1) is 15.1. The van der Waals surface area contributed by atoms with Gasteiger partial charge in [0.15, 0.2) is 0 Å². The molecule has 1 aliphatic heterocycles. The Kier molecular flexibility index (Phi) is 6.97. The Labute approximate surface area is 187 Å². The van der Waals surface area contributed by atoms with E-state index in [0.29, 0.717) is 30.9 Å². The Hall–Kier alpha value is -3.21. The fourth-order valence-corrected chi connectivity index (χ4v) is 4.26. The number of nitrogens with one attached hydrogen (secondary N) is 2.